The Morgan fingerprint density at radius 1 is 0.694 bits per heavy atom. The predicted molar refractivity (Wildman–Crippen MR) is 198 cm³/mol. The average Bonchev–Trinajstić information content (AvgIpc) is 3.48. The third-order valence-corrected chi connectivity index (χ3v) is 9.61. The molecule has 0 aliphatic carbocycles. The third-order valence-electron chi connectivity index (χ3n) is 9.61. The molecule has 0 radical (unpaired) electrons. The van der Waals surface area contributed by atoms with Gasteiger partial charge in [0.15, 0.2) is 17.2 Å². The van der Waals surface area contributed by atoms with E-state index in [9.17, 15) is 0 Å². The minimum Gasteiger partial charge on any atom is -0.457 e. The van der Waals surface area contributed by atoms with Gasteiger partial charge in [-0.05, 0) is 60.5 Å². The number of aromatic nitrogens is 3. The van der Waals surface area contributed by atoms with Gasteiger partial charge >= 0.3 is 0 Å². The molecule has 0 saturated heterocycles. The summed E-state index contributed by atoms with van der Waals surface area (Å²) in [5, 5.41) is 5.39. The number of allylic oxidation sites excluding steroid dienone is 3. The molecule has 4 heterocycles. The number of hydrogen-bond acceptors (Lipinski definition) is 5. The van der Waals surface area contributed by atoms with E-state index in [1.54, 1.807) is 0 Å². The van der Waals surface area contributed by atoms with Crippen LogP contribution in [-0.4, -0.2) is 14.5 Å². The van der Waals surface area contributed by atoms with Gasteiger partial charge in [0.25, 0.3) is 0 Å². The Bertz CT molecular complexity index is 2730. The van der Waals surface area contributed by atoms with Crippen LogP contribution in [0.1, 0.15) is 20.3 Å². The maximum absolute atomic E-state index is 6.93. The lowest BCUT2D eigenvalue weighted by molar-refractivity contribution is 0.403. The van der Waals surface area contributed by atoms with Crippen molar-refractivity contribution in [1.82, 2.24) is 14.5 Å². The van der Waals surface area contributed by atoms with Crippen molar-refractivity contribution in [2.75, 3.05) is 4.90 Å². The lowest BCUT2D eigenvalue weighted by Gasteiger charge is -2.38. The predicted octanol–water partition coefficient (Wildman–Crippen LogP) is 11.4. The Kier molecular flexibility index (Phi) is 5.96. The molecule has 2 aliphatic rings. The molecule has 0 bridgehead atoms. The van der Waals surface area contributed by atoms with E-state index in [0.29, 0.717) is 11.7 Å². The molecule has 10 rings (SSSR count). The van der Waals surface area contributed by atoms with Gasteiger partial charge in [-0.3, -0.25) is 9.47 Å². The van der Waals surface area contributed by atoms with E-state index in [4.69, 9.17) is 19.4 Å². The first-order valence-corrected chi connectivity index (χ1v) is 16.7. The number of fused-ring (bicyclic) bond motifs is 8. The van der Waals surface area contributed by atoms with Crippen LogP contribution in [-0.2, 0) is 0 Å². The van der Waals surface area contributed by atoms with Gasteiger partial charge in [-0.25, -0.2) is 9.97 Å². The van der Waals surface area contributed by atoms with Crippen LogP contribution in [0.25, 0.3) is 60.7 Å². The molecule has 0 amide bonds. The molecule has 49 heavy (non-hydrogen) atoms. The first kappa shape index (κ1) is 27.7. The van der Waals surface area contributed by atoms with E-state index >= 15 is 0 Å². The minimum atomic E-state index is 0.576. The van der Waals surface area contributed by atoms with Crippen LogP contribution in [0.4, 0.5) is 11.4 Å². The van der Waals surface area contributed by atoms with Crippen LogP contribution in [0.15, 0.2) is 145 Å². The van der Waals surface area contributed by atoms with Crippen LogP contribution in [0.5, 0.6) is 17.2 Å². The number of anilines is 2. The van der Waals surface area contributed by atoms with Crippen LogP contribution >= 0.6 is 0 Å². The van der Waals surface area contributed by atoms with Gasteiger partial charge in [-0.1, -0.05) is 104 Å². The summed E-state index contributed by atoms with van der Waals surface area (Å²) < 4.78 is 15.7. The van der Waals surface area contributed by atoms with Crippen molar-refractivity contribution < 1.29 is 9.47 Å². The quantitative estimate of drug-likeness (QED) is 0.193. The minimum absolute atomic E-state index is 0.576. The summed E-state index contributed by atoms with van der Waals surface area (Å²) in [6.45, 7) is 4.17. The molecular formula is C43H30N4O2. The maximum atomic E-state index is 6.93. The van der Waals surface area contributed by atoms with Gasteiger partial charge < -0.3 is 9.47 Å². The van der Waals surface area contributed by atoms with Crippen molar-refractivity contribution in [1.29, 1.82) is 0 Å². The third kappa shape index (κ3) is 4.01. The van der Waals surface area contributed by atoms with Crippen LogP contribution < -0.4 is 14.4 Å². The number of para-hydroxylation sites is 4. The summed E-state index contributed by atoms with van der Waals surface area (Å²) in [7, 11) is 0. The highest BCUT2D eigenvalue weighted by Gasteiger charge is 2.37. The summed E-state index contributed by atoms with van der Waals surface area (Å²) in [4.78, 5) is 13.0. The van der Waals surface area contributed by atoms with Crippen molar-refractivity contribution in [3.05, 3.63) is 145 Å². The normalized spacial score (nSPS) is 13.7. The summed E-state index contributed by atoms with van der Waals surface area (Å²) in [5.41, 5.74) is 7.51. The Balaban J connectivity index is 1.33. The lowest BCUT2D eigenvalue weighted by Crippen LogP contribution is -2.26. The Morgan fingerprint density at radius 2 is 1.45 bits per heavy atom. The molecule has 0 spiro atoms. The highest BCUT2D eigenvalue weighted by atomic mass is 16.5. The molecular weight excluding hydrogens is 604 g/mol. The zero-order valence-electron chi connectivity index (χ0n) is 27.0. The number of nitrogens with zero attached hydrogens (tertiary/aromatic N) is 4. The average molecular weight is 635 g/mol. The van der Waals surface area contributed by atoms with Gasteiger partial charge in [-0.15, -0.1) is 0 Å². The first-order valence-electron chi connectivity index (χ1n) is 16.7. The van der Waals surface area contributed by atoms with Gasteiger partial charge in [-0.2, -0.15) is 0 Å². The van der Waals surface area contributed by atoms with Crippen LogP contribution in [0, 0.1) is 0 Å². The van der Waals surface area contributed by atoms with E-state index in [0.717, 1.165) is 90.1 Å². The van der Waals surface area contributed by atoms with Crippen molar-refractivity contribution in [3.63, 3.8) is 0 Å². The number of ether oxygens (including phenoxy) is 2. The lowest BCUT2D eigenvalue weighted by atomic mass is 9.99. The second-order valence-electron chi connectivity index (χ2n) is 12.5. The van der Waals surface area contributed by atoms with Crippen molar-refractivity contribution in [3.8, 4) is 34.5 Å². The molecule has 0 atom stereocenters. The monoisotopic (exact) mass is 634 g/mol. The standard InChI is InChI=1S/C43H30N4O2/c1-3-4-21-34-26(2)48-38-25-32-29-17-8-10-22-35(29)47(40(32)42-41(38)46(34)36-23-11-12-24-37(36)49-42)43-44-33-20-9-7-18-31(33)39(45-43)30-19-13-15-27-14-5-6-16-28(27)30/h4-25H,3H2,1-2H3/b21-4-. The molecule has 0 saturated carbocycles. The Morgan fingerprint density at radius 3 is 2.35 bits per heavy atom. The fourth-order valence-corrected chi connectivity index (χ4v) is 7.46. The smallest absolute Gasteiger partial charge is 0.235 e. The first-order chi connectivity index (χ1) is 24.2. The molecule has 2 aromatic heterocycles. The summed E-state index contributed by atoms with van der Waals surface area (Å²) in [5.74, 6) is 3.65. The van der Waals surface area contributed by atoms with Crippen LogP contribution in [0.2, 0.25) is 0 Å². The zero-order valence-corrected chi connectivity index (χ0v) is 27.0. The fourth-order valence-electron chi connectivity index (χ4n) is 7.46. The van der Waals surface area contributed by atoms with Gasteiger partial charge in [0.05, 0.1) is 28.1 Å². The Labute approximate surface area is 282 Å². The van der Waals surface area contributed by atoms with Gasteiger partial charge in [0.2, 0.25) is 5.95 Å². The van der Waals surface area contributed by atoms with Gasteiger partial charge in [0, 0.05) is 21.7 Å². The van der Waals surface area contributed by atoms with E-state index in [2.05, 4.69) is 126 Å². The highest BCUT2D eigenvalue weighted by Crippen LogP contribution is 2.59. The number of rotatable bonds is 4. The molecule has 8 aromatic rings. The van der Waals surface area contributed by atoms with Gasteiger partial charge in [0.1, 0.15) is 17.0 Å². The number of hydrogen-bond donors (Lipinski definition) is 0. The second kappa shape index (κ2) is 10.6. The number of benzene rings is 6. The summed E-state index contributed by atoms with van der Waals surface area (Å²) in [6.07, 6.45) is 5.22. The molecule has 2 aliphatic heterocycles. The topological polar surface area (TPSA) is 52.4 Å². The highest BCUT2D eigenvalue weighted by molar-refractivity contribution is 6.15. The zero-order chi connectivity index (χ0) is 32.6. The SMILES string of the molecule is CC/C=C\C1=C(C)Oc2cc3c4ccccc4n(-c4nc(-c5cccc6ccccc56)c5ccccc5n4)c3c3c2N1c1ccccc1O3. The van der Waals surface area contributed by atoms with Crippen molar-refractivity contribution in [2.24, 2.45) is 0 Å². The molecule has 0 N–H and O–H groups in total. The van der Waals surface area contributed by atoms with Crippen molar-refractivity contribution in [2.45, 2.75) is 20.3 Å². The molecule has 6 aromatic carbocycles. The fraction of sp³-hybridized carbons (Fsp3) is 0.0698. The molecule has 6 heteroatoms. The van der Waals surface area contributed by atoms with Crippen LogP contribution in [0.3, 0.4) is 0 Å². The summed E-state index contributed by atoms with van der Waals surface area (Å²) in [6, 6.07) is 41.9. The Hall–Kier alpha value is -6.40. The molecule has 6 nitrogen and oxygen atoms in total. The largest absolute Gasteiger partial charge is 0.457 e. The van der Waals surface area contributed by atoms with Crippen molar-refractivity contribution >= 4 is 54.9 Å². The maximum Gasteiger partial charge on any atom is 0.235 e. The summed E-state index contributed by atoms with van der Waals surface area (Å²) >= 11 is 0. The van der Waals surface area contributed by atoms with E-state index in [-0.39, 0.29) is 0 Å². The van der Waals surface area contributed by atoms with E-state index in [1.807, 2.05) is 31.2 Å². The molecule has 234 valence electrons. The van der Waals surface area contributed by atoms with E-state index in [1.165, 1.54) is 5.39 Å². The second-order valence-corrected chi connectivity index (χ2v) is 12.5. The van der Waals surface area contributed by atoms with E-state index < -0.39 is 0 Å². The molecule has 0 fully saturated rings. The molecule has 0 unspecified atom stereocenters.